The summed E-state index contributed by atoms with van der Waals surface area (Å²) in [6.07, 6.45) is -2.05. The largest absolute Gasteiger partial charge is 0.416 e. The zero-order valence-corrected chi connectivity index (χ0v) is 12.9. The summed E-state index contributed by atoms with van der Waals surface area (Å²) >= 11 is 3.44. The van der Waals surface area contributed by atoms with Crippen molar-refractivity contribution >= 4 is 15.9 Å². The summed E-state index contributed by atoms with van der Waals surface area (Å²) in [7, 11) is 1.80. The van der Waals surface area contributed by atoms with Crippen molar-refractivity contribution in [2.75, 3.05) is 7.05 Å². The first-order chi connectivity index (χ1) is 9.91. The summed E-state index contributed by atoms with van der Waals surface area (Å²) in [5.74, 6) is 0. The second kappa shape index (κ2) is 6.58. The molecule has 21 heavy (non-hydrogen) atoms. The van der Waals surface area contributed by atoms with E-state index < -0.39 is 11.7 Å². The normalized spacial score (nSPS) is 13.2. The van der Waals surface area contributed by atoms with Gasteiger partial charge in [0.2, 0.25) is 0 Å². The molecule has 1 aromatic heterocycles. The van der Waals surface area contributed by atoms with E-state index in [4.69, 9.17) is 0 Å². The molecule has 0 amide bonds. The number of pyridine rings is 1. The number of halogens is 4. The zero-order chi connectivity index (χ0) is 15.5. The molecule has 0 radical (unpaired) electrons. The molecule has 1 atom stereocenters. The molecule has 6 heteroatoms. The molecule has 0 aliphatic heterocycles. The van der Waals surface area contributed by atoms with Gasteiger partial charge in [0.25, 0.3) is 0 Å². The number of likely N-dealkylation sites (N-methyl/N-ethyl adjacent to an activating group) is 1. The van der Waals surface area contributed by atoms with Crippen LogP contribution < -0.4 is 5.32 Å². The summed E-state index contributed by atoms with van der Waals surface area (Å²) in [5.41, 5.74) is 1.02. The lowest BCUT2D eigenvalue weighted by molar-refractivity contribution is -0.137. The Bertz CT molecular complexity index is 597. The molecule has 0 aliphatic rings. The van der Waals surface area contributed by atoms with Crippen LogP contribution in [0.3, 0.4) is 0 Å². The third-order valence-corrected chi connectivity index (χ3v) is 3.86. The third kappa shape index (κ3) is 4.04. The lowest BCUT2D eigenvalue weighted by Gasteiger charge is -2.17. The van der Waals surface area contributed by atoms with Gasteiger partial charge in [-0.3, -0.25) is 4.98 Å². The van der Waals surface area contributed by atoms with Crippen LogP contribution >= 0.6 is 15.9 Å². The Morgan fingerprint density at radius 2 is 1.86 bits per heavy atom. The smallest absolute Gasteiger partial charge is 0.311 e. The standard InChI is InChI=1S/C15H14BrF3N2/c1-20-13(14-12(16)3-2-8-21-14)9-10-4-6-11(7-5-10)15(17,18)19/h2-8,13,20H,9H2,1H3. The van der Waals surface area contributed by atoms with Crippen molar-refractivity contribution in [2.45, 2.75) is 18.6 Å². The van der Waals surface area contributed by atoms with Crippen LogP contribution in [-0.4, -0.2) is 12.0 Å². The van der Waals surface area contributed by atoms with Gasteiger partial charge in [0.15, 0.2) is 0 Å². The summed E-state index contributed by atoms with van der Waals surface area (Å²) in [6, 6.07) is 8.86. The highest BCUT2D eigenvalue weighted by Crippen LogP contribution is 2.30. The van der Waals surface area contributed by atoms with Crippen molar-refractivity contribution < 1.29 is 13.2 Å². The third-order valence-electron chi connectivity index (χ3n) is 3.19. The molecule has 2 nitrogen and oxygen atoms in total. The summed E-state index contributed by atoms with van der Waals surface area (Å²) < 4.78 is 38.5. The Balaban J connectivity index is 2.18. The van der Waals surface area contributed by atoms with E-state index in [2.05, 4.69) is 26.2 Å². The van der Waals surface area contributed by atoms with Crippen molar-refractivity contribution in [3.8, 4) is 0 Å². The van der Waals surface area contributed by atoms with Crippen molar-refractivity contribution in [3.63, 3.8) is 0 Å². The predicted octanol–water partition coefficient (Wildman–Crippen LogP) is 4.37. The molecule has 0 aliphatic carbocycles. The van der Waals surface area contributed by atoms with E-state index in [-0.39, 0.29) is 6.04 Å². The maximum atomic E-state index is 12.5. The van der Waals surface area contributed by atoms with Crippen LogP contribution in [0.15, 0.2) is 47.1 Å². The van der Waals surface area contributed by atoms with Gasteiger partial charge in [0.1, 0.15) is 0 Å². The van der Waals surface area contributed by atoms with Gasteiger partial charge in [-0.2, -0.15) is 13.2 Å². The minimum atomic E-state index is -4.30. The van der Waals surface area contributed by atoms with Gasteiger partial charge in [0.05, 0.1) is 17.3 Å². The van der Waals surface area contributed by atoms with Gasteiger partial charge >= 0.3 is 6.18 Å². The molecule has 112 valence electrons. The molecule has 0 saturated heterocycles. The van der Waals surface area contributed by atoms with Gasteiger partial charge in [-0.15, -0.1) is 0 Å². The number of alkyl halides is 3. The summed E-state index contributed by atoms with van der Waals surface area (Å²) in [4.78, 5) is 4.31. The Labute approximate surface area is 129 Å². The van der Waals surface area contributed by atoms with Crippen molar-refractivity contribution in [2.24, 2.45) is 0 Å². The molecule has 1 unspecified atom stereocenters. The first-order valence-electron chi connectivity index (χ1n) is 6.35. The van der Waals surface area contributed by atoms with E-state index >= 15 is 0 Å². The minimum Gasteiger partial charge on any atom is -0.311 e. The SMILES string of the molecule is CNC(Cc1ccc(C(F)(F)F)cc1)c1ncccc1Br. The Morgan fingerprint density at radius 1 is 1.19 bits per heavy atom. The first-order valence-corrected chi connectivity index (χ1v) is 7.15. The highest BCUT2D eigenvalue weighted by Gasteiger charge is 2.30. The molecule has 1 heterocycles. The molecule has 2 rings (SSSR count). The molecular formula is C15H14BrF3N2. The molecule has 0 bridgehead atoms. The van der Waals surface area contributed by atoms with Gasteiger partial charge in [-0.05, 0) is 59.2 Å². The van der Waals surface area contributed by atoms with E-state index in [1.54, 1.807) is 13.2 Å². The monoisotopic (exact) mass is 358 g/mol. The molecule has 2 aromatic rings. The van der Waals surface area contributed by atoms with Crippen LogP contribution in [0.25, 0.3) is 0 Å². The van der Waals surface area contributed by atoms with Crippen LogP contribution in [0.1, 0.15) is 22.9 Å². The highest BCUT2D eigenvalue weighted by molar-refractivity contribution is 9.10. The highest BCUT2D eigenvalue weighted by atomic mass is 79.9. The maximum absolute atomic E-state index is 12.5. The molecule has 0 spiro atoms. The molecular weight excluding hydrogens is 345 g/mol. The second-order valence-corrected chi connectivity index (χ2v) is 5.46. The number of nitrogens with one attached hydrogen (secondary N) is 1. The Morgan fingerprint density at radius 3 is 2.38 bits per heavy atom. The molecule has 0 fully saturated rings. The van der Waals surface area contributed by atoms with Gasteiger partial charge < -0.3 is 5.32 Å². The lowest BCUT2D eigenvalue weighted by atomic mass is 10.0. The fraction of sp³-hybridized carbons (Fsp3) is 0.267. The van der Waals surface area contributed by atoms with Crippen LogP contribution in [0.4, 0.5) is 13.2 Å². The van der Waals surface area contributed by atoms with Crippen LogP contribution in [-0.2, 0) is 12.6 Å². The van der Waals surface area contributed by atoms with E-state index in [1.807, 2.05) is 12.1 Å². The van der Waals surface area contributed by atoms with Gasteiger partial charge in [-0.25, -0.2) is 0 Å². The fourth-order valence-corrected chi connectivity index (χ4v) is 2.59. The Kier molecular flexibility index (Phi) is 5.00. The van der Waals surface area contributed by atoms with E-state index in [9.17, 15) is 13.2 Å². The predicted molar refractivity (Wildman–Crippen MR) is 78.9 cm³/mol. The lowest BCUT2D eigenvalue weighted by Crippen LogP contribution is -2.20. The average molecular weight is 359 g/mol. The van der Waals surface area contributed by atoms with Gasteiger partial charge in [0, 0.05) is 10.7 Å². The maximum Gasteiger partial charge on any atom is 0.416 e. The number of benzene rings is 1. The van der Waals surface area contributed by atoms with Crippen molar-refractivity contribution in [1.29, 1.82) is 0 Å². The van der Waals surface area contributed by atoms with E-state index in [1.165, 1.54) is 12.1 Å². The minimum absolute atomic E-state index is 0.0719. The van der Waals surface area contributed by atoms with Crippen molar-refractivity contribution in [3.05, 3.63) is 63.9 Å². The Hall–Kier alpha value is -1.40. The van der Waals surface area contributed by atoms with Crippen molar-refractivity contribution in [1.82, 2.24) is 10.3 Å². The molecule has 1 N–H and O–H groups in total. The number of nitrogens with zero attached hydrogens (tertiary/aromatic N) is 1. The van der Waals surface area contributed by atoms with Crippen LogP contribution in [0.2, 0.25) is 0 Å². The number of hydrogen-bond donors (Lipinski definition) is 1. The average Bonchev–Trinajstić information content (AvgIpc) is 2.45. The quantitative estimate of drug-likeness (QED) is 0.877. The molecule has 1 aromatic carbocycles. The summed E-state index contributed by atoms with van der Waals surface area (Å²) in [5, 5.41) is 3.14. The van der Waals surface area contributed by atoms with Gasteiger partial charge in [-0.1, -0.05) is 12.1 Å². The first kappa shape index (κ1) is 16.0. The topological polar surface area (TPSA) is 24.9 Å². The number of rotatable bonds is 4. The van der Waals surface area contributed by atoms with Crippen LogP contribution in [0, 0.1) is 0 Å². The van der Waals surface area contributed by atoms with E-state index in [0.29, 0.717) is 6.42 Å². The number of aromatic nitrogens is 1. The zero-order valence-electron chi connectivity index (χ0n) is 11.3. The van der Waals surface area contributed by atoms with E-state index in [0.717, 1.165) is 27.9 Å². The summed E-state index contributed by atoms with van der Waals surface area (Å²) in [6.45, 7) is 0. The molecule has 0 saturated carbocycles. The second-order valence-electron chi connectivity index (χ2n) is 4.61. The van der Waals surface area contributed by atoms with Crippen LogP contribution in [0.5, 0.6) is 0 Å². The number of hydrogen-bond acceptors (Lipinski definition) is 2. The fourth-order valence-electron chi connectivity index (χ4n) is 2.06.